The minimum Gasteiger partial charge on any atom is -0.495 e. The summed E-state index contributed by atoms with van der Waals surface area (Å²) in [7, 11) is -2.63. The van der Waals surface area contributed by atoms with Gasteiger partial charge in [-0.3, -0.25) is 4.79 Å². The van der Waals surface area contributed by atoms with Gasteiger partial charge >= 0.3 is 0 Å². The van der Waals surface area contributed by atoms with E-state index in [-0.39, 0.29) is 17.2 Å². The van der Waals surface area contributed by atoms with Gasteiger partial charge < -0.3 is 4.74 Å². The quantitative estimate of drug-likeness (QED) is 0.353. The van der Waals surface area contributed by atoms with Crippen LogP contribution in [0.2, 0.25) is 0 Å². The average Bonchev–Trinajstić information content (AvgIpc) is 2.84. The number of carbonyl (C=O) groups is 1. The van der Waals surface area contributed by atoms with Gasteiger partial charge in [-0.2, -0.15) is 9.41 Å². The van der Waals surface area contributed by atoms with Crippen molar-refractivity contribution in [3.63, 3.8) is 0 Å². The highest BCUT2D eigenvalue weighted by atomic mass is 32.2. The van der Waals surface area contributed by atoms with Crippen molar-refractivity contribution in [2.24, 2.45) is 5.10 Å². The van der Waals surface area contributed by atoms with Crippen molar-refractivity contribution in [2.75, 3.05) is 13.7 Å². The number of nitrogens with zero attached hydrogens (tertiary/aromatic N) is 2. The second-order valence-electron chi connectivity index (χ2n) is 7.80. The zero-order valence-electron chi connectivity index (χ0n) is 19.6. The molecule has 8 heteroatoms. The Morgan fingerprint density at radius 2 is 1.74 bits per heavy atom. The molecule has 7 nitrogen and oxygen atoms in total. The Morgan fingerprint density at radius 1 is 1.03 bits per heavy atom. The van der Waals surface area contributed by atoms with Crippen molar-refractivity contribution >= 4 is 22.1 Å². The molecule has 3 aromatic carbocycles. The lowest BCUT2D eigenvalue weighted by molar-refractivity contribution is -0.121. The van der Waals surface area contributed by atoms with Crippen LogP contribution in [-0.2, 0) is 27.8 Å². The highest BCUT2D eigenvalue weighted by molar-refractivity contribution is 7.89. The Kier molecular flexibility index (Phi) is 8.56. The van der Waals surface area contributed by atoms with Crippen molar-refractivity contribution in [1.82, 2.24) is 9.73 Å². The predicted octanol–water partition coefficient (Wildman–Crippen LogP) is 3.91. The first kappa shape index (κ1) is 25.1. The number of hydrazone groups is 1. The summed E-state index contributed by atoms with van der Waals surface area (Å²) in [6.07, 6.45) is 2.46. The smallest absolute Gasteiger partial charge is 0.255 e. The minimum absolute atomic E-state index is 0.0123. The van der Waals surface area contributed by atoms with Crippen LogP contribution in [0.25, 0.3) is 0 Å². The van der Waals surface area contributed by atoms with Crippen molar-refractivity contribution in [3.05, 3.63) is 95.1 Å². The van der Waals surface area contributed by atoms with Gasteiger partial charge in [0, 0.05) is 6.54 Å². The van der Waals surface area contributed by atoms with Crippen LogP contribution in [0, 0.1) is 6.92 Å². The number of methoxy groups -OCH3 is 1. The summed E-state index contributed by atoms with van der Waals surface area (Å²) >= 11 is 0. The monoisotopic (exact) mass is 479 g/mol. The van der Waals surface area contributed by atoms with Gasteiger partial charge in [0.2, 0.25) is 10.0 Å². The summed E-state index contributed by atoms with van der Waals surface area (Å²) in [5, 5.41) is 3.99. The number of carbonyl (C=O) groups excluding carboxylic acids is 1. The van der Waals surface area contributed by atoms with E-state index in [0.29, 0.717) is 0 Å². The molecule has 3 aromatic rings. The van der Waals surface area contributed by atoms with Crippen LogP contribution >= 0.6 is 0 Å². The maximum atomic E-state index is 13.6. The predicted molar refractivity (Wildman–Crippen MR) is 133 cm³/mol. The largest absolute Gasteiger partial charge is 0.495 e. The molecule has 1 N–H and O–H groups in total. The van der Waals surface area contributed by atoms with Gasteiger partial charge in [-0.1, -0.05) is 67.6 Å². The standard InChI is InChI=1S/C26H29N3O4S/c1-4-21-11-13-22(14-12-21)17-27-28-26(30)19-29(18-23-8-6-5-7-9-23)34(31,32)25-16-20(2)10-15-24(25)33-3/h5-17H,4,18-19H2,1-3H3,(H,28,30). The highest BCUT2D eigenvalue weighted by Gasteiger charge is 2.30. The first-order chi connectivity index (χ1) is 16.3. The van der Waals surface area contributed by atoms with Crippen molar-refractivity contribution in [1.29, 1.82) is 0 Å². The van der Waals surface area contributed by atoms with Gasteiger partial charge in [0.1, 0.15) is 10.6 Å². The molecule has 0 aliphatic rings. The third-order valence-corrected chi connectivity index (χ3v) is 7.06. The van der Waals surface area contributed by atoms with Crippen LogP contribution < -0.4 is 10.2 Å². The van der Waals surface area contributed by atoms with Crippen LogP contribution in [0.3, 0.4) is 0 Å². The van der Waals surface area contributed by atoms with Gasteiger partial charge in [0.05, 0.1) is 19.9 Å². The molecular weight excluding hydrogens is 450 g/mol. The molecule has 0 radical (unpaired) electrons. The molecule has 178 valence electrons. The van der Waals surface area contributed by atoms with Gasteiger partial charge in [-0.25, -0.2) is 13.8 Å². The van der Waals surface area contributed by atoms with Crippen molar-refractivity contribution in [2.45, 2.75) is 31.7 Å². The van der Waals surface area contributed by atoms with E-state index in [1.807, 2.05) is 54.6 Å². The number of aryl methyl sites for hydroxylation is 2. The van der Waals surface area contributed by atoms with Crippen LogP contribution in [0.4, 0.5) is 0 Å². The molecular formula is C26H29N3O4S. The molecule has 0 spiro atoms. The molecule has 34 heavy (non-hydrogen) atoms. The maximum absolute atomic E-state index is 13.6. The number of hydrogen-bond donors (Lipinski definition) is 1. The fourth-order valence-electron chi connectivity index (χ4n) is 3.35. The zero-order valence-corrected chi connectivity index (χ0v) is 20.4. The highest BCUT2D eigenvalue weighted by Crippen LogP contribution is 2.28. The minimum atomic E-state index is -4.05. The Labute approximate surface area is 201 Å². The van der Waals surface area contributed by atoms with Crippen molar-refractivity contribution in [3.8, 4) is 5.75 Å². The summed E-state index contributed by atoms with van der Waals surface area (Å²) in [4.78, 5) is 12.7. The summed E-state index contributed by atoms with van der Waals surface area (Å²) in [5.41, 5.74) is 5.99. The molecule has 0 atom stereocenters. The average molecular weight is 480 g/mol. The normalized spacial score (nSPS) is 11.6. The lowest BCUT2D eigenvalue weighted by Gasteiger charge is -2.23. The molecule has 0 bridgehead atoms. The Balaban J connectivity index is 1.82. The van der Waals surface area contributed by atoms with Gasteiger partial charge in [0.15, 0.2) is 0 Å². The first-order valence-corrected chi connectivity index (χ1v) is 12.4. The van der Waals surface area contributed by atoms with E-state index in [2.05, 4.69) is 17.5 Å². The van der Waals surface area contributed by atoms with Gasteiger partial charge in [0.25, 0.3) is 5.91 Å². The number of amides is 1. The molecule has 1 amide bonds. The molecule has 0 saturated heterocycles. The molecule has 0 heterocycles. The van der Waals surface area contributed by atoms with Gasteiger partial charge in [-0.05, 0) is 47.7 Å². The summed E-state index contributed by atoms with van der Waals surface area (Å²) in [6.45, 7) is 3.50. The van der Waals surface area contributed by atoms with E-state index in [4.69, 9.17) is 4.74 Å². The van der Waals surface area contributed by atoms with E-state index in [1.54, 1.807) is 25.1 Å². The Morgan fingerprint density at radius 3 is 2.38 bits per heavy atom. The fraction of sp³-hybridized carbons (Fsp3) is 0.231. The fourth-order valence-corrected chi connectivity index (χ4v) is 4.98. The van der Waals surface area contributed by atoms with E-state index < -0.39 is 22.5 Å². The summed E-state index contributed by atoms with van der Waals surface area (Å²) < 4.78 is 33.6. The molecule has 0 aliphatic heterocycles. The molecule has 3 rings (SSSR count). The summed E-state index contributed by atoms with van der Waals surface area (Å²) in [5.74, 6) is -0.329. The van der Waals surface area contributed by atoms with E-state index in [1.165, 1.54) is 18.9 Å². The third kappa shape index (κ3) is 6.52. The van der Waals surface area contributed by atoms with Gasteiger partial charge in [-0.15, -0.1) is 0 Å². The van der Waals surface area contributed by atoms with Crippen LogP contribution in [0.5, 0.6) is 5.75 Å². The molecule has 0 unspecified atom stereocenters. The third-order valence-electron chi connectivity index (χ3n) is 5.25. The number of ether oxygens (including phenoxy) is 1. The molecule has 0 saturated carbocycles. The molecule has 0 aliphatic carbocycles. The topological polar surface area (TPSA) is 88.1 Å². The number of rotatable bonds is 10. The van der Waals surface area contributed by atoms with Crippen LogP contribution in [0.15, 0.2) is 82.8 Å². The second-order valence-corrected chi connectivity index (χ2v) is 9.71. The van der Waals surface area contributed by atoms with E-state index >= 15 is 0 Å². The lowest BCUT2D eigenvalue weighted by Crippen LogP contribution is -2.39. The first-order valence-electron chi connectivity index (χ1n) is 10.9. The maximum Gasteiger partial charge on any atom is 0.255 e. The number of nitrogens with one attached hydrogen (secondary N) is 1. The van der Waals surface area contributed by atoms with E-state index in [9.17, 15) is 13.2 Å². The second kappa shape index (κ2) is 11.6. The molecule has 0 fully saturated rings. The SMILES string of the molecule is CCc1ccc(C=NNC(=O)CN(Cc2ccccc2)S(=O)(=O)c2cc(C)ccc2OC)cc1. The summed E-state index contributed by atoms with van der Waals surface area (Å²) in [6, 6.07) is 21.8. The zero-order chi connectivity index (χ0) is 24.6. The van der Waals surface area contributed by atoms with Crippen LogP contribution in [-0.4, -0.2) is 38.5 Å². The number of sulfonamides is 1. The Bertz CT molecular complexity index is 1240. The number of benzene rings is 3. The molecule has 0 aromatic heterocycles. The number of hydrogen-bond acceptors (Lipinski definition) is 5. The lowest BCUT2D eigenvalue weighted by atomic mass is 10.1. The Hall–Kier alpha value is -3.49. The van der Waals surface area contributed by atoms with Crippen LogP contribution in [0.1, 0.15) is 29.2 Å². The van der Waals surface area contributed by atoms with Crippen molar-refractivity contribution < 1.29 is 17.9 Å². The van der Waals surface area contributed by atoms with E-state index in [0.717, 1.165) is 27.4 Å².